The number of phosphoric ester groups is 1. The van der Waals surface area contributed by atoms with Crippen LogP contribution in [0.15, 0.2) is 0 Å². The zero-order valence-electron chi connectivity index (χ0n) is 8.11. The number of hydrogen-bond donors (Lipinski definition) is 4. The first-order chi connectivity index (χ1) is 5.06. The van der Waals surface area contributed by atoms with Gasteiger partial charge in [-0.2, -0.15) is 0 Å². The van der Waals surface area contributed by atoms with Crippen LogP contribution in [0.4, 0.5) is 0 Å². The van der Waals surface area contributed by atoms with Gasteiger partial charge in [-0.15, -0.1) is 0 Å². The summed E-state index contributed by atoms with van der Waals surface area (Å²) in [6, 6.07) is 0. The van der Waals surface area contributed by atoms with Crippen LogP contribution in [-0.4, -0.2) is 16.4 Å². The first-order valence-electron chi connectivity index (χ1n) is 3.76. The molecule has 0 bridgehead atoms. The molecular weight excluding hydrogens is 195 g/mol. The maximum absolute atomic E-state index is 10.1. The van der Waals surface area contributed by atoms with Crippen molar-refractivity contribution in [2.24, 2.45) is 0 Å². The van der Waals surface area contributed by atoms with Gasteiger partial charge in [0.25, 0.3) is 0 Å². The molecule has 0 amide bonds. The van der Waals surface area contributed by atoms with Crippen LogP contribution in [0.2, 0.25) is 0 Å². The highest BCUT2D eigenvalue weighted by atomic mass is 31.2. The van der Waals surface area contributed by atoms with E-state index in [4.69, 9.17) is 9.79 Å². The fourth-order valence-corrected chi connectivity index (χ4v) is 1.08. The van der Waals surface area contributed by atoms with Crippen molar-refractivity contribution in [2.75, 3.05) is 6.61 Å². The maximum Gasteiger partial charge on any atom is 0.469 e. The molecule has 7 heteroatoms. The van der Waals surface area contributed by atoms with Gasteiger partial charge in [-0.05, 0) is 6.42 Å². The molecule has 0 aliphatic heterocycles. The normalized spacial score (nSPS) is 10.1. The summed E-state index contributed by atoms with van der Waals surface area (Å²) in [6.45, 7) is 2.23. The second kappa shape index (κ2) is 10.1. The van der Waals surface area contributed by atoms with E-state index in [9.17, 15) is 4.57 Å². The van der Waals surface area contributed by atoms with Gasteiger partial charge >= 0.3 is 7.82 Å². The highest BCUT2D eigenvalue weighted by Crippen LogP contribution is 2.35. The average Bonchev–Trinajstić information content (AvgIpc) is 1.85. The quantitative estimate of drug-likeness (QED) is 0.395. The first kappa shape index (κ1) is 18.7. The lowest BCUT2D eigenvalue weighted by Crippen LogP contribution is -1.91. The second-order valence-corrected chi connectivity index (χ2v) is 3.62. The van der Waals surface area contributed by atoms with Crippen molar-refractivity contribution < 1.29 is 18.9 Å². The Morgan fingerprint density at radius 1 is 1.15 bits per heavy atom. The molecule has 13 heavy (non-hydrogen) atoms. The second-order valence-electron chi connectivity index (χ2n) is 2.38. The summed E-state index contributed by atoms with van der Waals surface area (Å²) >= 11 is 0. The van der Waals surface area contributed by atoms with E-state index >= 15 is 0 Å². The van der Waals surface area contributed by atoms with Gasteiger partial charge in [0.1, 0.15) is 0 Å². The van der Waals surface area contributed by atoms with Gasteiger partial charge in [0.05, 0.1) is 6.61 Å². The summed E-state index contributed by atoms with van der Waals surface area (Å²) in [5.41, 5.74) is 0. The Morgan fingerprint density at radius 3 is 2.08 bits per heavy atom. The zero-order valence-corrected chi connectivity index (χ0v) is 9.00. The fourth-order valence-electron chi connectivity index (χ4n) is 0.712. The lowest BCUT2D eigenvalue weighted by molar-refractivity contribution is 0.193. The van der Waals surface area contributed by atoms with Crippen molar-refractivity contribution in [1.29, 1.82) is 0 Å². The van der Waals surface area contributed by atoms with E-state index in [0.29, 0.717) is 0 Å². The molecule has 0 saturated carbocycles. The number of hydrogen-bond acceptors (Lipinski definition) is 4. The predicted octanol–water partition coefficient (Wildman–Crippen LogP) is 2.00. The van der Waals surface area contributed by atoms with Gasteiger partial charge in [0, 0.05) is 0 Å². The Bertz CT molecular complexity index is 139. The van der Waals surface area contributed by atoms with Gasteiger partial charge in [-0.1, -0.05) is 26.2 Å². The van der Waals surface area contributed by atoms with Crippen molar-refractivity contribution >= 4 is 7.82 Å². The molecule has 8 N–H and O–H groups in total. The molecule has 6 nitrogen and oxygen atoms in total. The molecule has 0 heterocycles. The molecule has 0 aromatic rings. The van der Waals surface area contributed by atoms with Crippen LogP contribution in [0.1, 0.15) is 32.6 Å². The van der Waals surface area contributed by atoms with Crippen molar-refractivity contribution in [2.45, 2.75) is 32.6 Å². The number of unbranched alkanes of at least 4 members (excludes halogenated alkanes) is 3. The first-order valence-corrected chi connectivity index (χ1v) is 5.29. The van der Waals surface area contributed by atoms with Crippen LogP contribution in [0.25, 0.3) is 0 Å². The van der Waals surface area contributed by atoms with Gasteiger partial charge < -0.3 is 22.1 Å². The van der Waals surface area contributed by atoms with Crippen LogP contribution in [0.3, 0.4) is 0 Å². The van der Waals surface area contributed by atoms with Crippen molar-refractivity contribution in [3.05, 3.63) is 0 Å². The van der Waals surface area contributed by atoms with Gasteiger partial charge in [0.2, 0.25) is 0 Å². The maximum atomic E-state index is 10.1. The van der Waals surface area contributed by atoms with Crippen molar-refractivity contribution in [1.82, 2.24) is 12.3 Å². The summed E-state index contributed by atoms with van der Waals surface area (Å²) in [5, 5.41) is 0. The average molecular weight is 216 g/mol. The molecule has 0 radical (unpaired) electrons. The zero-order chi connectivity index (χ0) is 8.74. The molecule has 0 saturated heterocycles. The third-order valence-electron chi connectivity index (χ3n) is 1.26. The minimum Gasteiger partial charge on any atom is -0.344 e. The van der Waals surface area contributed by atoms with E-state index in [2.05, 4.69) is 11.4 Å². The predicted molar refractivity (Wildman–Crippen MR) is 52.2 cm³/mol. The molecule has 0 aliphatic rings. The Kier molecular flexibility index (Phi) is 14.6. The summed E-state index contributed by atoms with van der Waals surface area (Å²) in [4.78, 5) is 16.5. The highest BCUT2D eigenvalue weighted by molar-refractivity contribution is 7.46. The molecule has 0 spiro atoms. The van der Waals surface area contributed by atoms with Crippen LogP contribution < -0.4 is 12.3 Å². The molecule has 0 aromatic heterocycles. The summed E-state index contributed by atoms with van der Waals surface area (Å²) < 4.78 is 14.4. The Hall–Kier alpha value is 0.0300. The standard InChI is InChI=1S/C6H15O4P.2H3N/c1-2-3-4-5-6-10-11(7,8)9;;/h2-6H2,1H3,(H2,7,8,9);2*1H3. The lowest BCUT2D eigenvalue weighted by atomic mass is 10.2. The van der Waals surface area contributed by atoms with Crippen LogP contribution in [0, 0.1) is 0 Å². The van der Waals surface area contributed by atoms with Crippen LogP contribution in [-0.2, 0) is 9.09 Å². The van der Waals surface area contributed by atoms with E-state index in [0.717, 1.165) is 25.7 Å². The summed E-state index contributed by atoms with van der Waals surface area (Å²) in [7, 11) is -4.21. The van der Waals surface area contributed by atoms with Crippen molar-refractivity contribution in [3.8, 4) is 0 Å². The molecule has 0 aliphatic carbocycles. The third kappa shape index (κ3) is 18.8. The Labute approximate surface area is 79.1 Å². The van der Waals surface area contributed by atoms with E-state index in [1.165, 1.54) is 0 Å². The molecule has 0 unspecified atom stereocenters. The Balaban J connectivity index is -0.000000500. The van der Waals surface area contributed by atoms with E-state index in [-0.39, 0.29) is 18.9 Å². The van der Waals surface area contributed by atoms with Gasteiger partial charge in [-0.25, -0.2) is 4.57 Å². The van der Waals surface area contributed by atoms with E-state index in [1.807, 2.05) is 0 Å². The minimum absolute atomic E-state index is 0. The molecule has 0 atom stereocenters. The molecule has 0 aromatic carbocycles. The van der Waals surface area contributed by atoms with Crippen molar-refractivity contribution in [3.63, 3.8) is 0 Å². The minimum atomic E-state index is -4.21. The largest absolute Gasteiger partial charge is 0.469 e. The molecule has 0 rings (SSSR count). The smallest absolute Gasteiger partial charge is 0.344 e. The van der Waals surface area contributed by atoms with Crippen LogP contribution >= 0.6 is 7.82 Å². The van der Waals surface area contributed by atoms with Gasteiger partial charge in [-0.3, -0.25) is 4.52 Å². The topological polar surface area (TPSA) is 137 Å². The summed E-state index contributed by atoms with van der Waals surface area (Å²) in [5.74, 6) is 0. The third-order valence-corrected chi connectivity index (χ3v) is 1.78. The molecular formula is C6H21N2O4P. The highest BCUT2D eigenvalue weighted by Gasteiger charge is 2.11. The monoisotopic (exact) mass is 216 g/mol. The Morgan fingerprint density at radius 2 is 1.69 bits per heavy atom. The van der Waals surface area contributed by atoms with Gasteiger partial charge in [0.15, 0.2) is 0 Å². The molecule has 84 valence electrons. The number of phosphoric acid groups is 1. The number of rotatable bonds is 6. The fraction of sp³-hybridized carbons (Fsp3) is 1.00. The van der Waals surface area contributed by atoms with Crippen LogP contribution in [0.5, 0.6) is 0 Å². The summed E-state index contributed by atoms with van der Waals surface area (Å²) in [6.07, 6.45) is 3.88. The molecule has 0 fully saturated rings. The lowest BCUT2D eigenvalue weighted by Gasteiger charge is -2.03. The van der Waals surface area contributed by atoms with E-state index in [1.54, 1.807) is 0 Å². The SMILES string of the molecule is CCCCCCOP(=O)(O)O.N.N. The van der Waals surface area contributed by atoms with E-state index < -0.39 is 7.82 Å².